The van der Waals surface area contributed by atoms with Gasteiger partial charge in [-0.3, -0.25) is 4.79 Å². The van der Waals surface area contributed by atoms with Gasteiger partial charge in [-0.2, -0.15) is 0 Å². The zero-order chi connectivity index (χ0) is 10.8. The summed E-state index contributed by atoms with van der Waals surface area (Å²) in [6.07, 6.45) is -2.51. The van der Waals surface area contributed by atoms with Crippen molar-refractivity contribution in [1.82, 2.24) is 4.90 Å². The second-order valence-corrected chi connectivity index (χ2v) is 3.90. The quantitative estimate of drug-likeness (QED) is 0.694. The number of alkyl halides is 2. The normalized spacial score (nSPS) is 21.4. The minimum atomic E-state index is -2.73. The zero-order valence-electron chi connectivity index (χ0n) is 7.75. The number of nitrogens with zero attached hydrogens (tertiary/aromatic N) is 1. The summed E-state index contributed by atoms with van der Waals surface area (Å²) in [4.78, 5) is 12.7. The van der Waals surface area contributed by atoms with Gasteiger partial charge in [0.25, 0.3) is 6.43 Å². The van der Waals surface area contributed by atoms with Crippen LogP contribution in [0.5, 0.6) is 0 Å². The van der Waals surface area contributed by atoms with E-state index < -0.39 is 12.0 Å². The predicted molar refractivity (Wildman–Crippen MR) is 51.3 cm³/mol. The Labute approximate surface area is 83.7 Å². The molecule has 3 nitrogen and oxygen atoms in total. The number of carbonyl (C=O) groups is 1. The molecule has 1 fully saturated rings. The number of halogens is 2. The van der Waals surface area contributed by atoms with Crippen LogP contribution in [0.25, 0.3) is 0 Å². The first-order valence-corrected chi connectivity index (χ1v) is 5.29. The van der Waals surface area contributed by atoms with E-state index >= 15 is 0 Å². The third-order valence-corrected chi connectivity index (χ3v) is 2.91. The van der Waals surface area contributed by atoms with Gasteiger partial charge < -0.3 is 10.0 Å². The largest absolute Gasteiger partial charge is 0.384 e. The summed E-state index contributed by atoms with van der Waals surface area (Å²) >= 11 is 0. The lowest BCUT2D eigenvalue weighted by molar-refractivity contribution is -0.145. The second-order valence-electron chi connectivity index (χ2n) is 3.49. The van der Waals surface area contributed by atoms with Crippen molar-refractivity contribution in [3.63, 3.8) is 0 Å². The van der Waals surface area contributed by atoms with Gasteiger partial charge in [-0.1, -0.05) is 0 Å². The van der Waals surface area contributed by atoms with Gasteiger partial charge in [-0.05, 0) is 12.8 Å². The molecule has 1 unspecified atom stereocenters. The number of likely N-dealkylation sites (tertiary alicyclic amines) is 1. The molecule has 1 aliphatic heterocycles. The van der Waals surface area contributed by atoms with Crippen LogP contribution in [0, 0.1) is 0 Å². The standard InChI is InChI=1S/C8H14F2NO2P/c9-7(10)8(13)1-3-11(4-2-8)6(12)5-14/h7,13H,1-5,14H2. The number of amides is 1. The molecule has 1 atom stereocenters. The lowest BCUT2D eigenvalue weighted by Crippen LogP contribution is -2.50. The molecular formula is C8H14F2NO2P. The highest BCUT2D eigenvalue weighted by atomic mass is 31.0. The number of hydrogen-bond acceptors (Lipinski definition) is 2. The Hall–Kier alpha value is -0.280. The second kappa shape index (κ2) is 4.49. The van der Waals surface area contributed by atoms with Crippen molar-refractivity contribution in [2.75, 3.05) is 19.3 Å². The summed E-state index contributed by atoms with van der Waals surface area (Å²) < 4.78 is 24.7. The van der Waals surface area contributed by atoms with Crippen molar-refractivity contribution in [3.8, 4) is 0 Å². The SMILES string of the molecule is O=C(CP)N1CCC(O)(C(F)F)CC1. The van der Waals surface area contributed by atoms with Crippen LogP contribution in [0.2, 0.25) is 0 Å². The Morgan fingerprint density at radius 2 is 2.00 bits per heavy atom. The molecule has 0 radical (unpaired) electrons. The van der Waals surface area contributed by atoms with Crippen molar-refractivity contribution in [1.29, 1.82) is 0 Å². The number of carbonyl (C=O) groups excluding carboxylic acids is 1. The highest BCUT2D eigenvalue weighted by Crippen LogP contribution is 2.28. The van der Waals surface area contributed by atoms with Crippen LogP contribution >= 0.6 is 9.24 Å². The molecule has 14 heavy (non-hydrogen) atoms. The van der Waals surface area contributed by atoms with Gasteiger partial charge in [-0.15, -0.1) is 9.24 Å². The van der Waals surface area contributed by atoms with Crippen LogP contribution < -0.4 is 0 Å². The number of piperidine rings is 1. The van der Waals surface area contributed by atoms with E-state index in [0.717, 1.165) is 0 Å². The molecule has 1 saturated heterocycles. The fourth-order valence-corrected chi connectivity index (χ4v) is 1.75. The van der Waals surface area contributed by atoms with Gasteiger partial charge >= 0.3 is 0 Å². The average molecular weight is 225 g/mol. The van der Waals surface area contributed by atoms with Gasteiger partial charge in [0, 0.05) is 19.3 Å². The van der Waals surface area contributed by atoms with Gasteiger partial charge in [0.1, 0.15) is 5.60 Å². The van der Waals surface area contributed by atoms with E-state index in [4.69, 9.17) is 0 Å². The van der Waals surface area contributed by atoms with Crippen LogP contribution in [0.15, 0.2) is 0 Å². The van der Waals surface area contributed by atoms with Crippen LogP contribution in [0.1, 0.15) is 12.8 Å². The molecule has 0 aromatic carbocycles. The summed E-state index contributed by atoms with van der Waals surface area (Å²) in [6, 6.07) is 0. The Morgan fingerprint density at radius 1 is 1.50 bits per heavy atom. The molecule has 0 spiro atoms. The number of hydrogen-bond donors (Lipinski definition) is 1. The summed E-state index contributed by atoms with van der Waals surface area (Å²) in [7, 11) is 2.30. The van der Waals surface area contributed by atoms with E-state index in [0.29, 0.717) is 6.16 Å². The summed E-state index contributed by atoms with van der Waals surface area (Å²) in [5, 5.41) is 9.43. The van der Waals surface area contributed by atoms with Crippen molar-refractivity contribution in [3.05, 3.63) is 0 Å². The smallest absolute Gasteiger partial charge is 0.266 e. The third kappa shape index (κ3) is 2.39. The Balaban J connectivity index is 2.49. The van der Waals surface area contributed by atoms with Crippen LogP contribution in [0.4, 0.5) is 8.78 Å². The Kier molecular flexibility index (Phi) is 3.78. The minimum Gasteiger partial charge on any atom is -0.384 e. The molecular weight excluding hydrogens is 211 g/mol. The Morgan fingerprint density at radius 3 is 2.36 bits per heavy atom. The molecule has 1 amide bonds. The van der Waals surface area contributed by atoms with E-state index in [9.17, 15) is 18.7 Å². The summed E-state index contributed by atoms with van der Waals surface area (Å²) in [5.41, 5.74) is -1.89. The highest BCUT2D eigenvalue weighted by Gasteiger charge is 2.41. The average Bonchev–Trinajstić information content (AvgIpc) is 2.17. The van der Waals surface area contributed by atoms with Gasteiger partial charge in [-0.25, -0.2) is 8.78 Å². The molecule has 1 aliphatic rings. The first kappa shape index (κ1) is 11.8. The van der Waals surface area contributed by atoms with E-state index in [1.54, 1.807) is 0 Å². The first-order valence-electron chi connectivity index (χ1n) is 4.48. The van der Waals surface area contributed by atoms with Gasteiger partial charge in [0.2, 0.25) is 5.91 Å². The number of rotatable bonds is 2. The van der Waals surface area contributed by atoms with Gasteiger partial charge in [0.15, 0.2) is 0 Å². The molecule has 0 aliphatic carbocycles. The predicted octanol–water partition coefficient (Wildman–Crippen LogP) is 0.480. The molecule has 1 rings (SSSR count). The summed E-state index contributed by atoms with van der Waals surface area (Å²) in [6.45, 7) is 0.433. The van der Waals surface area contributed by atoms with Crippen LogP contribution in [-0.2, 0) is 4.79 Å². The summed E-state index contributed by atoms with van der Waals surface area (Å²) in [5.74, 6) is -0.0775. The molecule has 0 saturated carbocycles. The van der Waals surface area contributed by atoms with E-state index in [1.807, 2.05) is 0 Å². The van der Waals surface area contributed by atoms with Crippen molar-refractivity contribution < 1.29 is 18.7 Å². The first-order chi connectivity index (χ1) is 6.49. The van der Waals surface area contributed by atoms with Crippen LogP contribution in [0.3, 0.4) is 0 Å². The Bertz CT molecular complexity index is 217. The molecule has 1 heterocycles. The van der Waals surface area contributed by atoms with Crippen LogP contribution in [-0.4, -0.2) is 47.2 Å². The molecule has 6 heteroatoms. The number of aliphatic hydroxyl groups is 1. The molecule has 0 aromatic rings. The maximum absolute atomic E-state index is 12.4. The third-order valence-electron chi connectivity index (χ3n) is 2.56. The molecule has 82 valence electrons. The van der Waals surface area contributed by atoms with Crippen molar-refractivity contribution >= 4 is 15.1 Å². The molecule has 1 N–H and O–H groups in total. The van der Waals surface area contributed by atoms with Crippen molar-refractivity contribution in [2.24, 2.45) is 0 Å². The lowest BCUT2D eigenvalue weighted by Gasteiger charge is -2.37. The van der Waals surface area contributed by atoms with E-state index in [2.05, 4.69) is 9.24 Å². The van der Waals surface area contributed by atoms with E-state index in [-0.39, 0.29) is 31.8 Å². The highest BCUT2D eigenvalue weighted by molar-refractivity contribution is 7.18. The fraction of sp³-hybridized carbons (Fsp3) is 0.875. The fourth-order valence-electron chi connectivity index (χ4n) is 1.49. The van der Waals surface area contributed by atoms with E-state index in [1.165, 1.54) is 4.90 Å². The topological polar surface area (TPSA) is 40.5 Å². The minimum absolute atomic E-state index is 0.0406. The lowest BCUT2D eigenvalue weighted by atomic mass is 9.92. The van der Waals surface area contributed by atoms with Gasteiger partial charge in [0.05, 0.1) is 0 Å². The maximum atomic E-state index is 12.4. The molecule has 0 aromatic heterocycles. The maximum Gasteiger partial charge on any atom is 0.266 e. The zero-order valence-corrected chi connectivity index (χ0v) is 8.90. The molecule has 0 bridgehead atoms. The monoisotopic (exact) mass is 225 g/mol. The van der Waals surface area contributed by atoms with Crippen molar-refractivity contribution in [2.45, 2.75) is 24.9 Å².